The Labute approximate surface area is 147 Å². The van der Waals surface area contributed by atoms with E-state index in [-0.39, 0.29) is 6.42 Å². The Kier molecular flexibility index (Phi) is 6.16. The van der Waals surface area contributed by atoms with E-state index in [9.17, 15) is 14.4 Å². The fraction of sp³-hybridized carbons (Fsp3) is 0.133. The number of primary amides is 1. The molecule has 0 bridgehead atoms. The number of thiophene rings is 1. The van der Waals surface area contributed by atoms with Crippen molar-refractivity contribution in [1.29, 1.82) is 0 Å². The van der Waals surface area contributed by atoms with Crippen molar-refractivity contribution in [2.75, 3.05) is 0 Å². The summed E-state index contributed by atoms with van der Waals surface area (Å²) in [5.74, 6) is -0.922. The maximum Gasteiger partial charge on any atom is 0.312 e. The van der Waals surface area contributed by atoms with E-state index >= 15 is 0 Å². The van der Waals surface area contributed by atoms with Crippen molar-refractivity contribution >= 4 is 40.8 Å². The van der Waals surface area contributed by atoms with E-state index in [1.807, 2.05) is 0 Å². The molecule has 126 valence electrons. The summed E-state index contributed by atoms with van der Waals surface area (Å²) < 4.78 is 0. The van der Waals surface area contributed by atoms with Crippen molar-refractivity contribution in [3.05, 3.63) is 57.2 Å². The van der Waals surface area contributed by atoms with Crippen molar-refractivity contribution in [1.82, 2.24) is 16.2 Å². The molecule has 7 nitrogen and oxygen atoms in total. The van der Waals surface area contributed by atoms with Crippen LogP contribution < -0.4 is 21.9 Å². The second-order valence-corrected chi connectivity index (χ2v) is 6.12. The van der Waals surface area contributed by atoms with E-state index in [0.717, 1.165) is 0 Å². The lowest BCUT2D eigenvalue weighted by Gasteiger charge is -2.19. The van der Waals surface area contributed by atoms with E-state index in [4.69, 9.17) is 17.3 Å². The van der Waals surface area contributed by atoms with Crippen molar-refractivity contribution in [2.45, 2.75) is 12.5 Å². The molecular weight excluding hydrogens is 352 g/mol. The standard InChI is InChI=1S/C15H15ClN4O3S/c16-10-5-2-1-4-9(10)11(18-15(17)23)8-13(21)19-20-14(22)12-6-3-7-24-12/h1-7,11H,8H2,(H,19,21)(H,20,22)(H3,17,18,23)/t11-/m1/s1. The number of nitrogens with two attached hydrogens (primary N) is 1. The number of hydrogen-bond donors (Lipinski definition) is 4. The van der Waals surface area contributed by atoms with Crippen LogP contribution in [-0.2, 0) is 4.79 Å². The largest absolute Gasteiger partial charge is 0.352 e. The highest BCUT2D eigenvalue weighted by molar-refractivity contribution is 7.12. The molecule has 0 aliphatic rings. The monoisotopic (exact) mass is 366 g/mol. The van der Waals surface area contributed by atoms with Gasteiger partial charge in [-0.05, 0) is 23.1 Å². The third kappa shape index (κ3) is 4.97. The molecule has 0 fully saturated rings. The summed E-state index contributed by atoms with van der Waals surface area (Å²) in [4.78, 5) is 35.4. The fourth-order valence-corrected chi connectivity index (χ4v) is 2.89. The van der Waals surface area contributed by atoms with Gasteiger partial charge in [0.15, 0.2) is 0 Å². The SMILES string of the molecule is NC(=O)N[C@H](CC(=O)NNC(=O)c1cccs1)c1ccccc1Cl. The highest BCUT2D eigenvalue weighted by Crippen LogP contribution is 2.24. The zero-order valence-electron chi connectivity index (χ0n) is 12.4. The summed E-state index contributed by atoms with van der Waals surface area (Å²) >= 11 is 7.34. The average molecular weight is 367 g/mol. The molecule has 0 unspecified atom stereocenters. The van der Waals surface area contributed by atoms with Crippen LogP contribution in [0.25, 0.3) is 0 Å². The van der Waals surface area contributed by atoms with Crippen LogP contribution in [0.2, 0.25) is 5.02 Å². The van der Waals surface area contributed by atoms with Crippen molar-refractivity contribution in [3.8, 4) is 0 Å². The van der Waals surface area contributed by atoms with Gasteiger partial charge < -0.3 is 11.1 Å². The Morgan fingerprint density at radius 1 is 1.12 bits per heavy atom. The minimum Gasteiger partial charge on any atom is -0.352 e. The quantitative estimate of drug-likeness (QED) is 0.606. The molecule has 0 aliphatic carbocycles. The fourth-order valence-electron chi connectivity index (χ4n) is 2.00. The Balaban J connectivity index is 1.98. The van der Waals surface area contributed by atoms with Crippen LogP contribution in [0.4, 0.5) is 4.79 Å². The van der Waals surface area contributed by atoms with Crippen LogP contribution >= 0.6 is 22.9 Å². The Bertz CT molecular complexity index is 736. The normalized spacial score (nSPS) is 11.4. The predicted molar refractivity (Wildman–Crippen MR) is 91.5 cm³/mol. The van der Waals surface area contributed by atoms with Crippen molar-refractivity contribution in [3.63, 3.8) is 0 Å². The molecule has 2 aromatic rings. The molecule has 4 amide bonds. The first-order valence-corrected chi connectivity index (χ1v) is 8.16. The van der Waals surface area contributed by atoms with Crippen molar-refractivity contribution < 1.29 is 14.4 Å². The summed E-state index contributed by atoms with van der Waals surface area (Å²) in [7, 11) is 0. The summed E-state index contributed by atoms with van der Waals surface area (Å²) in [6.45, 7) is 0. The van der Waals surface area contributed by atoms with Gasteiger partial charge in [-0.1, -0.05) is 35.9 Å². The van der Waals surface area contributed by atoms with E-state index < -0.39 is 23.9 Å². The molecular formula is C15H15ClN4O3S. The van der Waals surface area contributed by atoms with Crippen LogP contribution in [0.5, 0.6) is 0 Å². The molecule has 1 aromatic heterocycles. The number of nitrogens with one attached hydrogen (secondary N) is 3. The van der Waals surface area contributed by atoms with Crippen LogP contribution in [0.1, 0.15) is 27.7 Å². The number of hydrogen-bond acceptors (Lipinski definition) is 4. The first-order chi connectivity index (χ1) is 11.5. The lowest BCUT2D eigenvalue weighted by atomic mass is 10.0. The number of amides is 4. The number of hydrazine groups is 1. The van der Waals surface area contributed by atoms with Gasteiger partial charge in [-0.3, -0.25) is 20.4 Å². The van der Waals surface area contributed by atoms with E-state index in [2.05, 4.69) is 16.2 Å². The second kappa shape index (κ2) is 8.32. The summed E-state index contributed by atoms with van der Waals surface area (Å²) in [6.07, 6.45) is -0.141. The average Bonchev–Trinajstić information content (AvgIpc) is 3.06. The molecule has 0 spiro atoms. The molecule has 1 aromatic carbocycles. The molecule has 24 heavy (non-hydrogen) atoms. The predicted octanol–water partition coefficient (Wildman–Crippen LogP) is 1.96. The van der Waals surface area contributed by atoms with Gasteiger partial charge in [-0.2, -0.15) is 0 Å². The van der Waals surface area contributed by atoms with Gasteiger partial charge >= 0.3 is 6.03 Å². The molecule has 1 atom stereocenters. The van der Waals surface area contributed by atoms with Crippen LogP contribution in [-0.4, -0.2) is 17.8 Å². The Morgan fingerprint density at radius 3 is 2.50 bits per heavy atom. The van der Waals surface area contributed by atoms with Gasteiger partial charge in [0.1, 0.15) is 0 Å². The Hall–Kier alpha value is -2.58. The smallest absolute Gasteiger partial charge is 0.312 e. The third-order valence-electron chi connectivity index (χ3n) is 3.05. The topological polar surface area (TPSA) is 113 Å². The second-order valence-electron chi connectivity index (χ2n) is 4.77. The molecule has 0 aliphatic heterocycles. The zero-order chi connectivity index (χ0) is 17.5. The number of carbonyl (C=O) groups is 3. The van der Waals surface area contributed by atoms with E-state index in [1.165, 1.54) is 11.3 Å². The highest BCUT2D eigenvalue weighted by atomic mass is 35.5. The number of benzene rings is 1. The van der Waals surface area contributed by atoms with Gasteiger partial charge in [0.2, 0.25) is 5.91 Å². The number of urea groups is 1. The molecule has 5 N–H and O–H groups in total. The third-order valence-corrected chi connectivity index (χ3v) is 4.26. The van der Waals surface area contributed by atoms with Crippen LogP contribution in [0.3, 0.4) is 0 Å². The molecule has 0 saturated heterocycles. The molecule has 9 heteroatoms. The minimum absolute atomic E-state index is 0.141. The number of carbonyl (C=O) groups excluding carboxylic acids is 3. The van der Waals surface area contributed by atoms with Gasteiger partial charge in [-0.15, -0.1) is 11.3 Å². The van der Waals surface area contributed by atoms with Gasteiger partial charge in [0.25, 0.3) is 5.91 Å². The number of halogens is 1. The summed E-state index contributed by atoms with van der Waals surface area (Å²) in [6, 6.07) is 8.65. The first-order valence-electron chi connectivity index (χ1n) is 6.90. The van der Waals surface area contributed by atoms with Gasteiger partial charge in [0, 0.05) is 5.02 Å². The number of rotatable bonds is 5. The maximum absolute atomic E-state index is 12.0. The van der Waals surface area contributed by atoms with Crippen LogP contribution in [0, 0.1) is 0 Å². The lowest BCUT2D eigenvalue weighted by Crippen LogP contribution is -2.43. The maximum atomic E-state index is 12.0. The van der Waals surface area contributed by atoms with Gasteiger partial charge in [0.05, 0.1) is 17.3 Å². The summed E-state index contributed by atoms with van der Waals surface area (Å²) in [5.41, 5.74) is 10.3. The Morgan fingerprint density at radius 2 is 1.88 bits per heavy atom. The van der Waals surface area contributed by atoms with Crippen molar-refractivity contribution in [2.24, 2.45) is 5.73 Å². The van der Waals surface area contributed by atoms with E-state index in [0.29, 0.717) is 15.5 Å². The molecule has 0 saturated carbocycles. The zero-order valence-corrected chi connectivity index (χ0v) is 14.0. The molecule has 1 heterocycles. The highest BCUT2D eigenvalue weighted by Gasteiger charge is 2.20. The lowest BCUT2D eigenvalue weighted by molar-refractivity contribution is -0.122. The first kappa shape index (κ1) is 17.8. The minimum atomic E-state index is -0.782. The van der Waals surface area contributed by atoms with Gasteiger partial charge in [-0.25, -0.2) is 4.79 Å². The van der Waals surface area contributed by atoms with Crippen LogP contribution in [0.15, 0.2) is 41.8 Å². The summed E-state index contributed by atoms with van der Waals surface area (Å²) in [5, 5.41) is 4.61. The molecule has 0 radical (unpaired) electrons. The molecule has 2 rings (SSSR count). The van der Waals surface area contributed by atoms with E-state index in [1.54, 1.807) is 41.8 Å².